The number of pyridine rings is 1. The maximum absolute atomic E-state index is 6.10. The lowest BCUT2D eigenvalue weighted by Crippen LogP contribution is -2.35. The molecule has 0 bridgehead atoms. The fraction of sp³-hybridized carbons (Fsp3) is 0.467. The summed E-state index contributed by atoms with van der Waals surface area (Å²) in [7, 11) is 0. The van der Waals surface area contributed by atoms with E-state index in [-0.39, 0.29) is 6.04 Å². The highest BCUT2D eigenvalue weighted by Crippen LogP contribution is 2.23. The van der Waals surface area contributed by atoms with Gasteiger partial charge < -0.3 is 15.2 Å². The summed E-state index contributed by atoms with van der Waals surface area (Å²) >= 11 is 0. The summed E-state index contributed by atoms with van der Waals surface area (Å²) in [4.78, 5) is 11.3. The van der Waals surface area contributed by atoms with Gasteiger partial charge in [0.25, 0.3) is 0 Å². The van der Waals surface area contributed by atoms with Crippen LogP contribution in [0.4, 0.5) is 5.82 Å². The van der Waals surface area contributed by atoms with Crippen molar-refractivity contribution in [2.75, 3.05) is 11.4 Å². The number of nitrogens with two attached hydrogens (primary N) is 1. The molecule has 3 heterocycles. The second-order valence-electron chi connectivity index (χ2n) is 5.32. The minimum atomic E-state index is 0.199. The summed E-state index contributed by atoms with van der Waals surface area (Å²) in [6.07, 6.45) is 7.63. The third-order valence-electron chi connectivity index (χ3n) is 3.92. The Morgan fingerprint density at radius 3 is 3.05 bits per heavy atom. The SMILES string of the molecule is CCC(N)Cc1cccnc1N1CCn2ccnc2C1. The molecule has 1 aliphatic rings. The number of anilines is 1. The smallest absolute Gasteiger partial charge is 0.132 e. The number of rotatable bonds is 4. The van der Waals surface area contributed by atoms with Crippen molar-refractivity contribution in [3.8, 4) is 0 Å². The van der Waals surface area contributed by atoms with E-state index >= 15 is 0 Å². The van der Waals surface area contributed by atoms with E-state index in [4.69, 9.17) is 5.73 Å². The molecule has 5 nitrogen and oxygen atoms in total. The minimum absolute atomic E-state index is 0.199. The van der Waals surface area contributed by atoms with Crippen molar-refractivity contribution in [3.63, 3.8) is 0 Å². The van der Waals surface area contributed by atoms with E-state index in [0.717, 1.165) is 44.1 Å². The molecule has 2 aromatic heterocycles. The number of imidazole rings is 1. The lowest BCUT2D eigenvalue weighted by atomic mass is 10.0. The first-order chi connectivity index (χ1) is 9.78. The summed E-state index contributed by atoms with van der Waals surface area (Å²) in [5.41, 5.74) is 7.34. The molecule has 0 fully saturated rings. The molecule has 0 amide bonds. The van der Waals surface area contributed by atoms with Gasteiger partial charge in [-0.05, 0) is 24.5 Å². The van der Waals surface area contributed by atoms with Crippen molar-refractivity contribution in [2.24, 2.45) is 5.73 Å². The molecule has 3 rings (SSSR count). The Bertz CT molecular complexity index is 577. The first-order valence-electron chi connectivity index (χ1n) is 7.22. The predicted octanol–water partition coefficient (Wildman–Crippen LogP) is 1.58. The van der Waals surface area contributed by atoms with Crippen molar-refractivity contribution in [1.29, 1.82) is 0 Å². The lowest BCUT2D eigenvalue weighted by Gasteiger charge is -2.30. The van der Waals surface area contributed by atoms with Gasteiger partial charge in [0.1, 0.15) is 11.6 Å². The minimum Gasteiger partial charge on any atom is -0.347 e. The van der Waals surface area contributed by atoms with Gasteiger partial charge in [-0.3, -0.25) is 0 Å². The highest BCUT2D eigenvalue weighted by molar-refractivity contribution is 5.47. The number of hydrogen-bond donors (Lipinski definition) is 1. The van der Waals surface area contributed by atoms with Crippen LogP contribution in [0.2, 0.25) is 0 Å². The van der Waals surface area contributed by atoms with E-state index in [1.54, 1.807) is 0 Å². The molecule has 0 saturated heterocycles. The molecule has 0 radical (unpaired) electrons. The summed E-state index contributed by atoms with van der Waals surface area (Å²) in [5, 5.41) is 0. The lowest BCUT2D eigenvalue weighted by molar-refractivity contribution is 0.552. The van der Waals surface area contributed by atoms with Crippen molar-refractivity contribution in [1.82, 2.24) is 14.5 Å². The van der Waals surface area contributed by atoms with E-state index in [0.29, 0.717) is 0 Å². The molecule has 20 heavy (non-hydrogen) atoms. The maximum atomic E-state index is 6.10. The molecule has 2 N–H and O–H groups in total. The van der Waals surface area contributed by atoms with Crippen LogP contribution in [-0.2, 0) is 19.5 Å². The van der Waals surface area contributed by atoms with E-state index in [1.165, 1.54) is 5.56 Å². The molecule has 106 valence electrons. The molecule has 0 aliphatic carbocycles. The first-order valence-corrected chi connectivity index (χ1v) is 7.22. The molecule has 0 saturated carbocycles. The van der Waals surface area contributed by atoms with Crippen LogP contribution in [0.5, 0.6) is 0 Å². The van der Waals surface area contributed by atoms with Crippen LogP contribution in [0, 0.1) is 0 Å². The zero-order chi connectivity index (χ0) is 13.9. The van der Waals surface area contributed by atoms with Crippen LogP contribution in [-0.4, -0.2) is 27.1 Å². The number of fused-ring (bicyclic) bond motifs is 1. The highest BCUT2D eigenvalue weighted by atomic mass is 15.3. The van der Waals surface area contributed by atoms with Gasteiger partial charge in [-0.25, -0.2) is 9.97 Å². The maximum Gasteiger partial charge on any atom is 0.132 e. The fourth-order valence-corrected chi connectivity index (χ4v) is 2.66. The normalized spacial score (nSPS) is 16.0. The number of nitrogens with zero attached hydrogens (tertiary/aromatic N) is 4. The van der Waals surface area contributed by atoms with Crippen LogP contribution in [0.15, 0.2) is 30.7 Å². The molecule has 1 aliphatic heterocycles. The van der Waals surface area contributed by atoms with E-state index in [2.05, 4.69) is 32.4 Å². The highest BCUT2D eigenvalue weighted by Gasteiger charge is 2.20. The van der Waals surface area contributed by atoms with Gasteiger partial charge in [-0.15, -0.1) is 0 Å². The largest absolute Gasteiger partial charge is 0.347 e. The van der Waals surface area contributed by atoms with Gasteiger partial charge in [0.15, 0.2) is 0 Å². The zero-order valence-electron chi connectivity index (χ0n) is 11.9. The molecular weight excluding hydrogens is 250 g/mol. The summed E-state index contributed by atoms with van der Waals surface area (Å²) in [6.45, 7) is 4.87. The van der Waals surface area contributed by atoms with Crippen molar-refractivity contribution in [2.45, 2.75) is 38.9 Å². The summed E-state index contributed by atoms with van der Waals surface area (Å²) < 4.78 is 2.21. The third-order valence-corrected chi connectivity index (χ3v) is 3.92. The Morgan fingerprint density at radius 1 is 1.30 bits per heavy atom. The van der Waals surface area contributed by atoms with E-state index in [9.17, 15) is 0 Å². The van der Waals surface area contributed by atoms with E-state index < -0.39 is 0 Å². The predicted molar refractivity (Wildman–Crippen MR) is 79.5 cm³/mol. The van der Waals surface area contributed by atoms with Gasteiger partial charge in [0.2, 0.25) is 0 Å². The Labute approximate surface area is 119 Å². The van der Waals surface area contributed by atoms with E-state index in [1.807, 2.05) is 24.7 Å². The van der Waals surface area contributed by atoms with Crippen molar-refractivity contribution >= 4 is 5.82 Å². The molecule has 5 heteroatoms. The molecular formula is C15H21N5. The molecule has 1 unspecified atom stereocenters. The average Bonchev–Trinajstić information content (AvgIpc) is 2.95. The molecule has 2 aromatic rings. The van der Waals surface area contributed by atoms with Gasteiger partial charge in [-0.2, -0.15) is 0 Å². The topological polar surface area (TPSA) is 60.0 Å². The van der Waals surface area contributed by atoms with Crippen LogP contribution >= 0.6 is 0 Å². The standard InChI is InChI=1S/C15H21N5/c1-2-13(16)10-12-4-3-5-18-15(12)20-9-8-19-7-6-17-14(19)11-20/h3-7,13H,2,8-11,16H2,1H3. The van der Waals surface area contributed by atoms with Crippen LogP contribution in [0.25, 0.3) is 0 Å². The molecule has 0 spiro atoms. The fourth-order valence-electron chi connectivity index (χ4n) is 2.66. The van der Waals surface area contributed by atoms with Crippen LogP contribution in [0.3, 0.4) is 0 Å². The average molecular weight is 271 g/mol. The first kappa shape index (κ1) is 13.1. The quantitative estimate of drug-likeness (QED) is 0.917. The Morgan fingerprint density at radius 2 is 2.20 bits per heavy atom. The van der Waals surface area contributed by atoms with Crippen molar-refractivity contribution in [3.05, 3.63) is 42.1 Å². The summed E-state index contributed by atoms with van der Waals surface area (Å²) in [6, 6.07) is 4.33. The van der Waals surface area contributed by atoms with Crippen LogP contribution in [0.1, 0.15) is 24.7 Å². The third kappa shape index (κ3) is 2.54. The molecule has 1 atom stereocenters. The number of aromatic nitrogens is 3. The number of hydrogen-bond acceptors (Lipinski definition) is 4. The monoisotopic (exact) mass is 271 g/mol. The summed E-state index contributed by atoms with van der Waals surface area (Å²) in [5.74, 6) is 2.17. The van der Waals surface area contributed by atoms with Gasteiger partial charge in [0.05, 0.1) is 6.54 Å². The Kier molecular flexibility index (Phi) is 3.69. The Hall–Kier alpha value is -1.88. The second kappa shape index (κ2) is 5.63. The second-order valence-corrected chi connectivity index (χ2v) is 5.32. The van der Waals surface area contributed by atoms with Gasteiger partial charge in [-0.1, -0.05) is 13.0 Å². The van der Waals surface area contributed by atoms with Crippen LogP contribution < -0.4 is 10.6 Å². The van der Waals surface area contributed by atoms with Gasteiger partial charge >= 0.3 is 0 Å². The molecule has 0 aromatic carbocycles. The Balaban J connectivity index is 1.84. The zero-order valence-corrected chi connectivity index (χ0v) is 11.9. The van der Waals surface area contributed by atoms with Gasteiger partial charge in [0, 0.05) is 37.7 Å². The van der Waals surface area contributed by atoms with Crippen molar-refractivity contribution < 1.29 is 0 Å².